The third-order valence-corrected chi connectivity index (χ3v) is 7.93. The summed E-state index contributed by atoms with van der Waals surface area (Å²) in [5.74, 6) is -1.09. The van der Waals surface area contributed by atoms with Gasteiger partial charge >= 0.3 is 5.97 Å². The Bertz CT molecular complexity index is 910. The Balaban J connectivity index is 1.95. The largest absolute Gasteiger partial charge is 0.478 e. The number of hydrogen-bond donors (Lipinski definition) is 1. The first-order chi connectivity index (χ1) is 11.9. The minimum Gasteiger partial charge on any atom is -0.478 e. The number of sulfonamides is 1. The Morgan fingerprint density at radius 1 is 1.12 bits per heavy atom. The molecule has 1 N–H and O–H groups in total. The molecule has 5 nitrogen and oxygen atoms in total. The third kappa shape index (κ3) is 4.03. The number of hydrogen-bond acceptors (Lipinski definition) is 4. The minimum atomic E-state index is -3.53. The zero-order valence-corrected chi connectivity index (χ0v) is 16.4. The second kappa shape index (κ2) is 7.41. The number of rotatable bonds is 5. The van der Waals surface area contributed by atoms with Gasteiger partial charge in [0.2, 0.25) is 0 Å². The van der Waals surface area contributed by atoms with Crippen molar-refractivity contribution >= 4 is 54.9 Å². The van der Waals surface area contributed by atoms with Crippen molar-refractivity contribution in [1.82, 2.24) is 4.31 Å². The van der Waals surface area contributed by atoms with E-state index in [0.29, 0.717) is 18.0 Å². The molecule has 2 heterocycles. The zero-order valence-electron chi connectivity index (χ0n) is 13.2. The van der Waals surface area contributed by atoms with E-state index >= 15 is 0 Å². The molecule has 0 radical (unpaired) electrons. The summed E-state index contributed by atoms with van der Waals surface area (Å²) >= 11 is 4.33. The molecule has 0 saturated carbocycles. The van der Waals surface area contributed by atoms with Gasteiger partial charge in [-0.15, -0.1) is 11.3 Å². The highest BCUT2D eigenvalue weighted by Gasteiger charge is 2.29. The van der Waals surface area contributed by atoms with Crippen LogP contribution in [0.1, 0.15) is 23.3 Å². The van der Waals surface area contributed by atoms with E-state index in [1.807, 2.05) is 12.1 Å². The summed E-state index contributed by atoms with van der Waals surface area (Å²) in [5.41, 5.74) is 0.813. The Morgan fingerprint density at radius 3 is 2.36 bits per heavy atom. The first-order valence-corrected chi connectivity index (χ1v) is 10.7. The van der Waals surface area contributed by atoms with E-state index in [9.17, 15) is 18.3 Å². The maximum absolute atomic E-state index is 12.6. The summed E-state index contributed by atoms with van der Waals surface area (Å²) in [6.45, 7) is 1.05. The third-order valence-electron chi connectivity index (χ3n) is 3.92. The number of carboxylic acid groups (broad SMARTS) is 1. The van der Waals surface area contributed by atoms with Gasteiger partial charge in [0.1, 0.15) is 4.21 Å². The second-order valence-electron chi connectivity index (χ2n) is 5.64. The van der Waals surface area contributed by atoms with Crippen molar-refractivity contribution in [3.8, 4) is 0 Å². The lowest BCUT2D eigenvalue weighted by atomic mass is 10.1. The summed E-state index contributed by atoms with van der Waals surface area (Å²) in [4.78, 5) is 12.1. The standard InChI is InChI=1S/C17H16BrNO4S2/c18-13-5-3-12(4-6-13)11-14(17(20)21)15-7-8-16(24-15)25(22,23)19-9-1-2-10-19/h3-8,11H,1-2,9-10H2,(H,20,21). The Kier molecular flexibility index (Phi) is 5.43. The van der Waals surface area contributed by atoms with Gasteiger partial charge in [-0.2, -0.15) is 4.31 Å². The molecule has 1 aromatic carbocycles. The van der Waals surface area contributed by atoms with Crippen molar-refractivity contribution in [2.24, 2.45) is 0 Å². The van der Waals surface area contributed by atoms with Gasteiger partial charge in [0.25, 0.3) is 10.0 Å². The van der Waals surface area contributed by atoms with Crippen LogP contribution >= 0.6 is 27.3 Å². The average molecular weight is 442 g/mol. The van der Waals surface area contributed by atoms with Crippen LogP contribution in [0.5, 0.6) is 0 Å². The number of benzene rings is 1. The average Bonchev–Trinajstić information content (AvgIpc) is 3.26. The van der Waals surface area contributed by atoms with Gasteiger partial charge < -0.3 is 5.11 Å². The summed E-state index contributed by atoms with van der Waals surface area (Å²) in [7, 11) is -3.53. The molecule has 132 valence electrons. The molecule has 0 unspecified atom stereocenters. The Morgan fingerprint density at radius 2 is 1.76 bits per heavy atom. The topological polar surface area (TPSA) is 74.7 Å². The van der Waals surface area contributed by atoms with E-state index in [1.54, 1.807) is 24.3 Å². The molecular weight excluding hydrogens is 426 g/mol. The molecule has 0 bridgehead atoms. The van der Waals surface area contributed by atoms with Gasteiger partial charge in [-0.3, -0.25) is 0 Å². The first kappa shape index (κ1) is 18.3. The van der Waals surface area contributed by atoms with Crippen molar-refractivity contribution in [3.63, 3.8) is 0 Å². The van der Waals surface area contributed by atoms with Crippen LogP contribution in [0, 0.1) is 0 Å². The lowest BCUT2D eigenvalue weighted by Gasteiger charge is -2.13. The summed E-state index contributed by atoms with van der Waals surface area (Å²) in [6.07, 6.45) is 3.27. The van der Waals surface area contributed by atoms with E-state index in [0.717, 1.165) is 34.2 Å². The number of nitrogens with zero attached hydrogens (tertiary/aromatic N) is 1. The van der Waals surface area contributed by atoms with Gasteiger partial charge in [0.05, 0.1) is 5.57 Å². The highest BCUT2D eigenvalue weighted by molar-refractivity contribution is 9.10. The predicted octanol–water partition coefficient (Wildman–Crippen LogP) is 3.92. The summed E-state index contributed by atoms with van der Waals surface area (Å²) in [5, 5.41) is 9.54. The van der Waals surface area contributed by atoms with Crippen LogP contribution in [0.4, 0.5) is 0 Å². The summed E-state index contributed by atoms with van der Waals surface area (Å²) < 4.78 is 27.7. The van der Waals surface area contributed by atoms with Crippen LogP contribution < -0.4 is 0 Å². The maximum Gasteiger partial charge on any atom is 0.337 e. The lowest BCUT2D eigenvalue weighted by molar-refractivity contribution is -0.130. The number of thiophene rings is 1. The normalized spacial score (nSPS) is 16.3. The number of aliphatic carboxylic acids is 1. The molecular formula is C17H16BrNO4S2. The van der Waals surface area contributed by atoms with Crippen molar-refractivity contribution in [2.45, 2.75) is 17.1 Å². The van der Waals surface area contributed by atoms with Gasteiger partial charge in [-0.05, 0) is 48.7 Å². The fourth-order valence-electron chi connectivity index (χ4n) is 2.62. The molecule has 0 atom stereocenters. The smallest absolute Gasteiger partial charge is 0.337 e. The van der Waals surface area contributed by atoms with Crippen LogP contribution in [0.3, 0.4) is 0 Å². The molecule has 1 aliphatic rings. The molecule has 1 aromatic heterocycles. The lowest BCUT2D eigenvalue weighted by Crippen LogP contribution is -2.27. The van der Waals surface area contributed by atoms with Gasteiger partial charge in [0.15, 0.2) is 0 Å². The SMILES string of the molecule is O=C(O)C(=Cc1ccc(Br)cc1)c1ccc(S(=O)(=O)N2CCCC2)s1. The Hall–Kier alpha value is -1.48. The molecule has 0 amide bonds. The highest BCUT2D eigenvalue weighted by atomic mass is 79.9. The number of carbonyl (C=O) groups is 1. The van der Waals surface area contributed by atoms with Gasteiger partial charge in [-0.1, -0.05) is 28.1 Å². The van der Waals surface area contributed by atoms with Crippen LogP contribution in [0.25, 0.3) is 11.6 Å². The van der Waals surface area contributed by atoms with Crippen molar-refractivity contribution in [2.75, 3.05) is 13.1 Å². The summed E-state index contributed by atoms with van der Waals surface area (Å²) in [6, 6.07) is 10.3. The molecule has 8 heteroatoms. The molecule has 25 heavy (non-hydrogen) atoms. The van der Waals surface area contributed by atoms with Crippen LogP contribution in [-0.2, 0) is 14.8 Å². The van der Waals surface area contributed by atoms with E-state index in [-0.39, 0.29) is 9.78 Å². The Labute approximate surface area is 158 Å². The highest BCUT2D eigenvalue weighted by Crippen LogP contribution is 2.32. The van der Waals surface area contributed by atoms with Gasteiger partial charge in [0, 0.05) is 22.4 Å². The molecule has 0 spiro atoms. The van der Waals surface area contributed by atoms with Crippen molar-refractivity contribution in [1.29, 1.82) is 0 Å². The molecule has 1 aliphatic heterocycles. The quantitative estimate of drug-likeness (QED) is 0.713. The van der Waals surface area contributed by atoms with Crippen LogP contribution in [-0.4, -0.2) is 36.9 Å². The number of halogens is 1. The molecule has 3 rings (SSSR count). The van der Waals surface area contributed by atoms with E-state index < -0.39 is 16.0 Å². The second-order valence-corrected chi connectivity index (χ2v) is 9.81. The monoisotopic (exact) mass is 441 g/mol. The van der Waals surface area contributed by atoms with Crippen LogP contribution in [0.2, 0.25) is 0 Å². The minimum absolute atomic E-state index is 0.0789. The van der Waals surface area contributed by atoms with E-state index in [2.05, 4.69) is 15.9 Å². The predicted molar refractivity (Wildman–Crippen MR) is 102 cm³/mol. The van der Waals surface area contributed by atoms with Gasteiger partial charge in [-0.25, -0.2) is 13.2 Å². The van der Waals surface area contributed by atoms with E-state index in [1.165, 1.54) is 10.4 Å². The van der Waals surface area contributed by atoms with Crippen LogP contribution in [0.15, 0.2) is 45.1 Å². The fraction of sp³-hybridized carbons (Fsp3) is 0.235. The maximum atomic E-state index is 12.6. The van der Waals surface area contributed by atoms with Crippen molar-refractivity contribution < 1.29 is 18.3 Å². The first-order valence-electron chi connectivity index (χ1n) is 7.69. The molecule has 1 fully saturated rings. The van der Waals surface area contributed by atoms with E-state index in [4.69, 9.17) is 0 Å². The number of carboxylic acids is 1. The zero-order chi connectivity index (χ0) is 18.0. The fourth-order valence-corrected chi connectivity index (χ4v) is 5.87. The molecule has 2 aromatic rings. The molecule has 0 aliphatic carbocycles. The van der Waals surface area contributed by atoms with Crippen molar-refractivity contribution in [3.05, 3.63) is 51.3 Å². The molecule has 1 saturated heterocycles.